The highest BCUT2D eigenvalue weighted by Gasteiger charge is 2.28. The molecule has 8 nitrogen and oxygen atoms in total. The molecule has 1 atom stereocenters. The second-order valence-corrected chi connectivity index (χ2v) is 10.7. The molecule has 190 valence electrons. The molecule has 2 aromatic heterocycles. The first-order valence-electron chi connectivity index (χ1n) is 12.9. The number of piperidine rings is 1. The lowest BCUT2D eigenvalue weighted by Gasteiger charge is -2.25. The largest absolute Gasteiger partial charge is 0.441 e. The van der Waals surface area contributed by atoms with Gasteiger partial charge in [0, 0.05) is 43.3 Å². The Morgan fingerprint density at radius 2 is 1.97 bits per heavy atom. The molecule has 0 spiro atoms. The molecule has 9 heteroatoms. The Morgan fingerprint density at radius 1 is 1.14 bits per heavy atom. The van der Waals surface area contributed by atoms with Crippen LogP contribution in [0, 0.1) is 11.3 Å². The lowest BCUT2D eigenvalue weighted by Crippen LogP contribution is -2.32. The van der Waals surface area contributed by atoms with Crippen molar-refractivity contribution in [3.05, 3.63) is 39.5 Å². The zero-order valence-electron chi connectivity index (χ0n) is 20.4. The number of nitriles is 1. The fourth-order valence-corrected chi connectivity index (χ4v) is 6.44. The van der Waals surface area contributed by atoms with Crippen molar-refractivity contribution in [3.8, 4) is 6.07 Å². The van der Waals surface area contributed by atoms with E-state index in [0.29, 0.717) is 22.9 Å². The van der Waals surface area contributed by atoms with Crippen molar-refractivity contribution in [2.24, 2.45) is 0 Å². The van der Waals surface area contributed by atoms with Crippen molar-refractivity contribution >= 4 is 40.1 Å². The molecule has 1 unspecified atom stereocenters. The number of ether oxygens (including phenoxy) is 1. The van der Waals surface area contributed by atoms with Crippen LogP contribution < -0.4 is 15.5 Å². The number of nitrogens with one attached hydrogen (secondary N) is 2. The normalized spacial score (nSPS) is 20.0. The van der Waals surface area contributed by atoms with Crippen LogP contribution in [0.3, 0.4) is 0 Å². The summed E-state index contributed by atoms with van der Waals surface area (Å²) in [5, 5.41) is 16.1. The number of hydrogen-bond acceptors (Lipinski definition) is 7. The summed E-state index contributed by atoms with van der Waals surface area (Å²) < 4.78 is 11.5. The van der Waals surface area contributed by atoms with E-state index in [9.17, 15) is 14.9 Å². The minimum absolute atomic E-state index is 0.0395. The Labute approximate surface area is 215 Å². The Bertz CT molecular complexity index is 1180. The first kappa shape index (κ1) is 24.6. The van der Waals surface area contributed by atoms with Gasteiger partial charge in [-0.3, -0.25) is 9.59 Å². The van der Waals surface area contributed by atoms with Gasteiger partial charge >= 0.3 is 0 Å². The summed E-state index contributed by atoms with van der Waals surface area (Å²) in [7, 11) is 0. The van der Waals surface area contributed by atoms with Gasteiger partial charge in [-0.25, -0.2) is 0 Å². The molecule has 3 aliphatic rings. The standard InChI is InChI=1S/C27H32N4O4S/c28-16-18(15-19-10-11-23(35-19)31-12-4-1-5-13-31)25(32)30-27-24(21-8-2-3-9-22(21)36-27)26(33)29-17-20-7-6-14-34-20/h10-11,15,20H,1-9,12-14,17H2,(H,29,33)(H,30,32)/b18-15-. The highest BCUT2D eigenvalue weighted by atomic mass is 32.1. The van der Waals surface area contributed by atoms with E-state index in [0.717, 1.165) is 87.4 Å². The monoisotopic (exact) mass is 508 g/mol. The van der Waals surface area contributed by atoms with Gasteiger partial charge in [0.1, 0.15) is 22.4 Å². The summed E-state index contributed by atoms with van der Waals surface area (Å²) >= 11 is 1.44. The van der Waals surface area contributed by atoms with Crippen LogP contribution in [0.2, 0.25) is 0 Å². The number of carbonyl (C=O) groups excluding carboxylic acids is 2. The summed E-state index contributed by atoms with van der Waals surface area (Å²) in [6, 6.07) is 5.66. The van der Waals surface area contributed by atoms with E-state index in [1.807, 2.05) is 12.1 Å². The average molecular weight is 509 g/mol. The fourth-order valence-electron chi connectivity index (χ4n) is 5.16. The van der Waals surface area contributed by atoms with E-state index in [-0.39, 0.29) is 17.6 Å². The molecule has 2 saturated heterocycles. The molecule has 0 aromatic carbocycles. The molecular weight excluding hydrogens is 476 g/mol. The number of aryl methyl sites for hydroxylation is 1. The van der Waals surface area contributed by atoms with E-state index >= 15 is 0 Å². The molecule has 2 fully saturated rings. The van der Waals surface area contributed by atoms with E-state index in [4.69, 9.17) is 9.15 Å². The van der Waals surface area contributed by atoms with Gasteiger partial charge in [0.05, 0.1) is 11.7 Å². The number of furan rings is 1. The molecule has 0 saturated carbocycles. The van der Waals surface area contributed by atoms with E-state index in [1.54, 1.807) is 6.07 Å². The smallest absolute Gasteiger partial charge is 0.267 e. The van der Waals surface area contributed by atoms with Gasteiger partial charge in [-0.1, -0.05) is 0 Å². The molecule has 2 aliphatic heterocycles. The summed E-state index contributed by atoms with van der Waals surface area (Å²) in [4.78, 5) is 29.6. The topological polar surface area (TPSA) is 108 Å². The van der Waals surface area contributed by atoms with Crippen LogP contribution in [-0.4, -0.2) is 44.2 Å². The molecule has 2 amide bonds. The van der Waals surface area contributed by atoms with Crippen molar-refractivity contribution in [2.75, 3.05) is 36.5 Å². The first-order chi connectivity index (χ1) is 17.6. The number of nitrogens with zero attached hydrogens (tertiary/aromatic N) is 2. The number of anilines is 2. The maximum atomic E-state index is 13.2. The number of amides is 2. The van der Waals surface area contributed by atoms with Crippen molar-refractivity contribution in [2.45, 2.75) is 63.9 Å². The minimum atomic E-state index is -0.541. The summed E-state index contributed by atoms with van der Waals surface area (Å²) in [5.41, 5.74) is 1.49. The summed E-state index contributed by atoms with van der Waals surface area (Å²) in [6.45, 7) is 3.08. The van der Waals surface area contributed by atoms with Crippen molar-refractivity contribution < 1.29 is 18.7 Å². The van der Waals surface area contributed by atoms with Crippen molar-refractivity contribution in [3.63, 3.8) is 0 Å². The quantitative estimate of drug-likeness (QED) is 0.416. The zero-order chi connectivity index (χ0) is 24.9. The van der Waals surface area contributed by atoms with Crippen LogP contribution in [0.5, 0.6) is 0 Å². The number of hydrogen-bond donors (Lipinski definition) is 2. The third kappa shape index (κ3) is 5.50. The fraction of sp³-hybridized carbons (Fsp3) is 0.519. The van der Waals surface area contributed by atoms with Crippen LogP contribution >= 0.6 is 11.3 Å². The van der Waals surface area contributed by atoms with Crippen LogP contribution in [0.1, 0.15) is 71.5 Å². The van der Waals surface area contributed by atoms with E-state index in [2.05, 4.69) is 15.5 Å². The van der Waals surface area contributed by atoms with Crippen LogP contribution in [-0.2, 0) is 22.4 Å². The zero-order valence-corrected chi connectivity index (χ0v) is 21.3. The second-order valence-electron chi connectivity index (χ2n) is 9.61. The number of thiophene rings is 1. The van der Waals surface area contributed by atoms with E-state index < -0.39 is 5.91 Å². The Morgan fingerprint density at radius 3 is 2.75 bits per heavy atom. The lowest BCUT2D eigenvalue weighted by atomic mass is 9.95. The van der Waals surface area contributed by atoms with Gasteiger partial charge in [-0.05, 0) is 69.4 Å². The lowest BCUT2D eigenvalue weighted by molar-refractivity contribution is -0.112. The predicted molar refractivity (Wildman–Crippen MR) is 139 cm³/mol. The molecule has 4 heterocycles. The van der Waals surface area contributed by atoms with Crippen molar-refractivity contribution in [1.82, 2.24) is 5.32 Å². The van der Waals surface area contributed by atoms with Gasteiger partial charge < -0.3 is 24.7 Å². The molecule has 2 aromatic rings. The highest BCUT2D eigenvalue weighted by Crippen LogP contribution is 2.38. The third-order valence-electron chi connectivity index (χ3n) is 7.07. The molecular formula is C27H32N4O4S. The molecule has 5 rings (SSSR count). The Balaban J connectivity index is 1.32. The highest BCUT2D eigenvalue weighted by molar-refractivity contribution is 7.17. The van der Waals surface area contributed by atoms with Gasteiger partial charge in [0.2, 0.25) is 0 Å². The summed E-state index contributed by atoms with van der Waals surface area (Å²) in [6.07, 6.45) is 10.7. The maximum Gasteiger partial charge on any atom is 0.267 e. The van der Waals surface area contributed by atoms with Gasteiger partial charge in [0.25, 0.3) is 11.8 Å². The number of fused-ring (bicyclic) bond motifs is 1. The molecule has 2 N–H and O–H groups in total. The SMILES string of the molecule is N#C/C(=C/c1ccc(N2CCCCC2)o1)C(=O)Nc1sc2c(c1C(=O)NCC1CCCO1)CCCC2. The molecule has 0 bridgehead atoms. The van der Waals surface area contributed by atoms with Crippen molar-refractivity contribution in [1.29, 1.82) is 5.26 Å². The number of carbonyl (C=O) groups is 2. The first-order valence-corrected chi connectivity index (χ1v) is 13.8. The molecule has 1 aliphatic carbocycles. The van der Waals surface area contributed by atoms with Crippen LogP contribution in [0.15, 0.2) is 22.1 Å². The minimum Gasteiger partial charge on any atom is -0.441 e. The summed E-state index contributed by atoms with van der Waals surface area (Å²) in [5.74, 6) is 0.483. The van der Waals surface area contributed by atoms with E-state index in [1.165, 1.54) is 23.8 Å². The molecule has 0 radical (unpaired) electrons. The van der Waals surface area contributed by atoms with Crippen LogP contribution in [0.25, 0.3) is 6.08 Å². The number of rotatable bonds is 7. The predicted octanol–water partition coefficient (Wildman–Crippen LogP) is 4.66. The Hall–Kier alpha value is -3.09. The average Bonchev–Trinajstić information content (AvgIpc) is 3.66. The van der Waals surface area contributed by atoms with Gasteiger partial charge in [-0.15, -0.1) is 11.3 Å². The van der Waals surface area contributed by atoms with Gasteiger partial charge in [-0.2, -0.15) is 5.26 Å². The maximum absolute atomic E-state index is 13.2. The molecule has 36 heavy (non-hydrogen) atoms. The second kappa shape index (κ2) is 11.3. The third-order valence-corrected chi connectivity index (χ3v) is 8.28. The van der Waals surface area contributed by atoms with Gasteiger partial charge in [0.15, 0.2) is 5.88 Å². The van der Waals surface area contributed by atoms with Crippen LogP contribution in [0.4, 0.5) is 10.9 Å². The Kier molecular flexibility index (Phi) is 7.73.